The molecule has 5 heteroatoms. The Morgan fingerprint density at radius 2 is 2.19 bits per heavy atom. The summed E-state index contributed by atoms with van der Waals surface area (Å²) in [5.74, 6) is 4.75. The molecule has 0 aliphatic rings. The average molecular weight is 245 g/mol. The predicted molar refractivity (Wildman–Crippen MR) is 61.4 cm³/mol. The summed E-state index contributed by atoms with van der Waals surface area (Å²) >= 11 is 5.94. The van der Waals surface area contributed by atoms with Crippen molar-refractivity contribution in [3.63, 3.8) is 0 Å². The van der Waals surface area contributed by atoms with E-state index in [1.54, 1.807) is 13.0 Å². The van der Waals surface area contributed by atoms with Gasteiger partial charge in [0.25, 0.3) is 0 Å². The molecule has 88 valence electrons. The molecule has 1 rings (SSSR count). The summed E-state index contributed by atoms with van der Waals surface area (Å²) in [5.41, 5.74) is 1.12. The Hall–Kier alpha value is -1.13. The van der Waals surface area contributed by atoms with Gasteiger partial charge in [0.1, 0.15) is 5.82 Å². The summed E-state index contributed by atoms with van der Waals surface area (Å²) in [6.07, 6.45) is 0.603. The van der Waals surface area contributed by atoms with E-state index >= 15 is 0 Å². The molecule has 1 amide bonds. The first-order valence-electron chi connectivity index (χ1n) is 4.87. The fourth-order valence-electron chi connectivity index (χ4n) is 1.30. The van der Waals surface area contributed by atoms with E-state index in [1.807, 2.05) is 0 Å². The van der Waals surface area contributed by atoms with Crippen LogP contribution in [0.15, 0.2) is 12.1 Å². The summed E-state index contributed by atoms with van der Waals surface area (Å²) < 4.78 is 13.3. The highest BCUT2D eigenvalue weighted by Gasteiger charge is 2.09. The molecule has 0 aromatic heterocycles. The maximum Gasteiger partial charge on any atom is 0.236 e. The lowest BCUT2D eigenvalue weighted by atomic mass is 10.1. The number of amides is 1. The summed E-state index contributed by atoms with van der Waals surface area (Å²) in [7, 11) is 1.47. The highest BCUT2D eigenvalue weighted by atomic mass is 35.5. The Bertz CT molecular complexity index is 407. The average Bonchev–Trinajstić information content (AvgIpc) is 2.20. The van der Waals surface area contributed by atoms with E-state index in [-0.39, 0.29) is 18.1 Å². The fourth-order valence-corrected chi connectivity index (χ4v) is 1.61. The minimum Gasteiger partial charge on any atom is -0.284 e. The van der Waals surface area contributed by atoms with Crippen molar-refractivity contribution >= 4 is 17.5 Å². The smallest absolute Gasteiger partial charge is 0.236 e. The van der Waals surface area contributed by atoms with Crippen LogP contribution in [0.5, 0.6) is 0 Å². The van der Waals surface area contributed by atoms with Gasteiger partial charge in [-0.25, -0.2) is 10.2 Å². The normalized spacial score (nSPS) is 10.3. The lowest BCUT2D eigenvalue weighted by Crippen LogP contribution is -2.33. The van der Waals surface area contributed by atoms with Gasteiger partial charge in [0.2, 0.25) is 5.91 Å². The van der Waals surface area contributed by atoms with Gasteiger partial charge in [-0.2, -0.15) is 0 Å². The molecular weight excluding hydrogens is 231 g/mol. The second kappa shape index (κ2) is 5.27. The number of hydrogen-bond acceptors (Lipinski definition) is 2. The lowest BCUT2D eigenvalue weighted by Gasteiger charge is -2.10. The fraction of sp³-hybridized carbons (Fsp3) is 0.364. The van der Waals surface area contributed by atoms with Gasteiger partial charge in [-0.05, 0) is 36.6 Å². The number of carbonyl (C=O) groups is 1. The molecule has 0 aliphatic carbocycles. The zero-order valence-corrected chi connectivity index (χ0v) is 10.0. The van der Waals surface area contributed by atoms with Gasteiger partial charge in [-0.15, -0.1) is 0 Å². The minimum absolute atomic E-state index is 0.211. The van der Waals surface area contributed by atoms with Crippen LogP contribution in [0.3, 0.4) is 0 Å². The van der Waals surface area contributed by atoms with Crippen LogP contribution in [0, 0.1) is 12.7 Å². The van der Waals surface area contributed by atoms with Crippen molar-refractivity contribution in [1.29, 1.82) is 0 Å². The first-order valence-corrected chi connectivity index (χ1v) is 5.25. The molecule has 3 nitrogen and oxygen atoms in total. The highest BCUT2D eigenvalue weighted by Crippen LogP contribution is 2.21. The number of rotatable bonds is 3. The van der Waals surface area contributed by atoms with Crippen molar-refractivity contribution in [1.82, 2.24) is 5.01 Å². The second-order valence-electron chi connectivity index (χ2n) is 3.70. The number of halogens is 2. The molecule has 16 heavy (non-hydrogen) atoms. The number of carbonyl (C=O) groups excluding carboxylic acids is 1. The maximum atomic E-state index is 13.3. The van der Waals surface area contributed by atoms with Crippen molar-refractivity contribution in [2.24, 2.45) is 5.84 Å². The largest absolute Gasteiger partial charge is 0.284 e. The van der Waals surface area contributed by atoms with Gasteiger partial charge >= 0.3 is 0 Å². The van der Waals surface area contributed by atoms with Crippen LogP contribution < -0.4 is 5.84 Å². The van der Waals surface area contributed by atoms with E-state index in [9.17, 15) is 9.18 Å². The molecule has 0 saturated carbocycles. The molecule has 0 saturated heterocycles. The Balaban J connectivity index is 2.75. The summed E-state index contributed by atoms with van der Waals surface area (Å²) in [6, 6.07) is 2.92. The summed E-state index contributed by atoms with van der Waals surface area (Å²) in [4.78, 5) is 11.2. The van der Waals surface area contributed by atoms with Gasteiger partial charge in [0.15, 0.2) is 0 Å². The third-order valence-corrected chi connectivity index (χ3v) is 2.68. The minimum atomic E-state index is -0.312. The van der Waals surface area contributed by atoms with Gasteiger partial charge in [0.05, 0.1) is 0 Å². The molecule has 0 atom stereocenters. The number of benzene rings is 1. The molecular formula is C11H14ClFN2O. The van der Waals surface area contributed by atoms with E-state index in [1.165, 1.54) is 13.1 Å². The molecule has 0 bridgehead atoms. The Morgan fingerprint density at radius 3 is 2.75 bits per heavy atom. The Labute approximate surface area is 99.0 Å². The van der Waals surface area contributed by atoms with Gasteiger partial charge in [-0.3, -0.25) is 9.80 Å². The predicted octanol–water partition coefficient (Wildman–Crippen LogP) is 2.05. The molecule has 2 N–H and O–H groups in total. The molecule has 0 fully saturated rings. The molecule has 0 spiro atoms. The molecule has 0 heterocycles. The zero-order chi connectivity index (χ0) is 12.3. The van der Waals surface area contributed by atoms with E-state index in [4.69, 9.17) is 17.4 Å². The van der Waals surface area contributed by atoms with Crippen LogP contribution in [0.25, 0.3) is 0 Å². The zero-order valence-electron chi connectivity index (χ0n) is 9.26. The Morgan fingerprint density at radius 1 is 1.56 bits per heavy atom. The highest BCUT2D eigenvalue weighted by molar-refractivity contribution is 6.31. The van der Waals surface area contributed by atoms with Crippen LogP contribution >= 0.6 is 11.6 Å². The number of nitrogens with two attached hydrogens (primary N) is 1. The topological polar surface area (TPSA) is 46.3 Å². The first kappa shape index (κ1) is 12.9. The van der Waals surface area contributed by atoms with E-state index in [2.05, 4.69) is 0 Å². The van der Waals surface area contributed by atoms with Crippen LogP contribution in [0.4, 0.5) is 4.39 Å². The van der Waals surface area contributed by atoms with Crippen LogP contribution in [0.1, 0.15) is 17.5 Å². The molecule has 0 unspecified atom stereocenters. The third-order valence-electron chi connectivity index (χ3n) is 2.33. The van der Waals surface area contributed by atoms with Gasteiger partial charge < -0.3 is 0 Å². The van der Waals surface area contributed by atoms with E-state index < -0.39 is 0 Å². The summed E-state index contributed by atoms with van der Waals surface area (Å²) in [5, 5.41) is 1.49. The van der Waals surface area contributed by atoms with Crippen molar-refractivity contribution in [2.45, 2.75) is 19.8 Å². The molecule has 0 radical (unpaired) electrons. The van der Waals surface area contributed by atoms with Crippen molar-refractivity contribution in [3.8, 4) is 0 Å². The van der Waals surface area contributed by atoms with Gasteiger partial charge in [0, 0.05) is 18.5 Å². The third kappa shape index (κ3) is 3.18. The molecule has 1 aromatic carbocycles. The monoisotopic (exact) mass is 244 g/mol. The maximum absolute atomic E-state index is 13.3. The van der Waals surface area contributed by atoms with E-state index in [0.29, 0.717) is 22.6 Å². The molecule has 1 aromatic rings. The number of nitrogens with zero attached hydrogens (tertiary/aromatic N) is 1. The first-order chi connectivity index (χ1) is 7.41. The van der Waals surface area contributed by atoms with Crippen LogP contribution in [0.2, 0.25) is 5.02 Å². The number of aryl methyl sites for hydroxylation is 2. The van der Waals surface area contributed by atoms with Crippen molar-refractivity contribution in [2.75, 3.05) is 7.05 Å². The van der Waals surface area contributed by atoms with Gasteiger partial charge in [-0.1, -0.05) is 11.6 Å². The van der Waals surface area contributed by atoms with Crippen LogP contribution in [-0.2, 0) is 11.2 Å². The van der Waals surface area contributed by atoms with Crippen molar-refractivity contribution in [3.05, 3.63) is 34.1 Å². The van der Waals surface area contributed by atoms with Crippen molar-refractivity contribution < 1.29 is 9.18 Å². The number of hydrazine groups is 1. The lowest BCUT2D eigenvalue weighted by molar-refractivity contribution is -0.130. The Kier molecular flexibility index (Phi) is 4.26. The SMILES string of the molecule is Cc1cc(Cl)c(CCC(=O)N(C)N)cc1F. The summed E-state index contributed by atoms with van der Waals surface area (Å²) in [6.45, 7) is 1.64. The standard InChI is InChI=1S/C11H14ClFN2O/c1-7-5-9(12)8(6-10(7)13)3-4-11(16)15(2)14/h5-6H,3-4,14H2,1-2H3. The van der Waals surface area contributed by atoms with Crippen LogP contribution in [-0.4, -0.2) is 18.0 Å². The quantitative estimate of drug-likeness (QED) is 0.503. The molecule has 0 aliphatic heterocycles. The van der Waals surface area contributed by atoms with E-state index in [0.717, 1.165) is 5.01 Å². The number of hydrogen-bond donors (Lipinski definition) is 1. The second-order valence-corrected chi connectivity index (χ2v) is 4.10.